The SMILES string of the molecule is Nc1noc(-c2ccncc2)n1. The molecule has 0 bridgehead atoms. The minimum atomic E-state index is 0.141. The topological polar surface area (TPSA) is 77.8 Å². The van der Waals surface area contributed by atoms with Crippen molar-refractivity contribution in [2.24, 2.45) is 0 Å². The molecule has 0 aromatic carbocycles. The molecule has 5 heteroatoms. The number of aromatic nitrogens is 3. The molecule has 0 saturated heterocycles. The highest BCUT2D eigenvalue weighted by Crippen LogP contribution is 2.15. The first-order chi connectivity index (χ1) is 5.86. The minimum absolute atomic E-state index is 0.141. The molecule has 60 valence electrons. The van der Waals surface area contributed by atoms with E-state index in [-0.39, 0.29) is 5.95 Å². The number of pyridine rings is 1. The summed E-state index contributed by atoms with van der Waals surface area (Å²) >= 11 is 0. The van der Waals surface area contributed by atoms with Crippen LogP contribution in [0.1, 0.15) is 0 Å². The van der Waals surface area contributed by atoms with Gasteiger partial charge >= 0.3 is 0 Å². The molecular weight excluding hydrogens is 156 g/mol. The van der Waals surface area contributed by atoms with Gasteiger partial charge in [0, 0.05) is 18.0 Å². The minimum Gasteiger partial charge on any atom is -0.365 e. The first-order valence-electron chi connectivity index (χ1n) is 3.36. The van der Waals surface area contributed by atoms with Crippen molar-refractivity contribution in [3.63, 3.8) is 0 Å². The number of anilines is 1. The lowest BCUT2D eigenvalue weighted by Gasteiger charge is -1.89. The van der Waals surface area contributed by atoms with E-state index in [1.54, 1.807) is 24.5 Å². The van der Waals surface area contributed by atoms with E-state index in [2.05, 4.69) is 15.1 Å². The molecule has 2 aromatic heterocycles. The van der Waals surface area contributed by atoms with Crippen LogP contribution in [0.5, 0.6) is 0 Å². The highest BCUT2D eigenvalue weighted by Gasteiger charge is 2.04. The van der Waals surface area contributed by atoms with Crippen molar-refractivity contribution in [2.75, 3.05) is 5.73 Å². The van der Waals surface area contributed by atoms with Crippen LogP contribution in [0.4, 0.5) is 5.95 Å². The van der Waals surface area contributed by atoms with Crippen LogP contribution < -0.4 is 5.73 Å². The molecule has 0 unspecified atom stereocenters. The summed E-state index contributed by atoms with van der Waals surface area (Å²) in [6.07, 6.45) is 3.30. The predicted octanol–water partition coefficient (Wildman–Crippen LogP) is 0.714. The number of nitrogens with two attached hydrogens (primary N) is 1. The highest BCUT2D eigenvalue weighted by atomic mass is 16.5. The molecule has 2 aromatic rings. The van der Waals surface area contributed by atoms with E-state index in [1.807, 2.05) is 0 Å². The third-order valence-corrected chi connectivity index (χ3v) is 1.37. The Morgan fingerprint density at radius 3 is 2.58 bits per heavy atom. The third-order valence-electron chi connectivity index (χ3n) is 1.37. The van der Waals surface area contributed by atoms with E-state index in [0.717, 1.165) is 5.56 Å². The first kappa shape index (κ1) is 6.78. The zero-order valence-electron chi connectivity index (χ0n) is 6.14. The predicted molar refractivity (Wildman–Crippen MR) is 41.9 cm³/mol. The Balaban J connectivity index is 2.45. The molecule has 0 atom stereocenters. The summed E-state index contributed by atoms with van der Waals surface area (Å²) in [5.41, 5.74) is 6.10. The number of hydrogen-bond acceptors (Lipinski definition) is 5. The summed E-state index contributed by atoms with van der Waals surface area (Å²) in [6.45, 7) is 0. The fraction of sp³-hybridized carbons (Fsp3) is 0. The quantitative estimate of drug-likeness (QED) is 0.668. The summed E-state index contributed by atoms with van der Waals surface area (Å²) in [6, 6.07) is 3.54. The van der Waals surface area contributed by atoms with Crippen molar-refractivity contribution >= 4 is 5.95 Å². The van der Waals surface area contributed by atoms with Crippen LogP contribution in [0.3, 0.4) is 0 Å². The molecule has 0 saturated carbocycles. The van der Waals surface area contributed by atoms with Gasteiger partial charge in [0.25, 0.3) is 11.8 Å². The highest BCUT2D eigenvalue weighted by molar-refractivity contribution is 5.52. The summed E-state index contributed by atoms with van der Waals surface area (Å²) in [5.74, 6) is 0.553. The Labute approximate surface area is 68.2 Å². The molecule has 2 rings (SSSR count). The molecule has 0 aliphatic rings. The normalized spacial score (nSPS) is 10.0. The van der Waals surface area contributed by atoms with Crippen LogP contribution in [0.25, 0.3) is 11.5 Å². The number of rotatable bonds is 1. The van der Waals surface area contributed by atoms with E-state index in [0.29, 0.717) is 5.89 Å². The summed E-state index contributed by atoms with van der Waals surface area (Å²) in [4.78, 5) is 7.71. The monoisotopic (exact) mass is 162 g/mol. The van der Waals surface area contributed by atoms with Crippen LogP contribution in [-0.4, -0.2) is 15.1 Å². The van der Waals surface area contributed by atoms with Gasteiger partial charge in [0.05, 0.1) is 0 Å². The van der Waals surface area contributed by atoms with Crippen LogP contribution in [0.2, 0.25) is 0 Å². The van der Waals surface area contributed by atoms with E-state index in [9.17, 15) is 0 Å². The number of nitrogen functional groups attached to an aromatic ring is 1. The Hall–Kier alpha value is -1.91. The Bertz CT molecular complexity index is 370. The molecule has 0 radical (unpaired) electrons. The zero-order chi connectivity index (χ0) is 8.39. The van der Waals surface area contributed by atoms with Gasteiger partial charge < -0.3 is 10.3 Å². The molecule has 2 heterocycles. The Kier molecular flexibility index (Phi) is 1.48. The molecule has 0 amide bonds. The van der Waals surface area contributed by atoms with Gasteiger partial charge in [0.1, 0.15) is 0 Å². The van der Waals surface area contributed by atoms with Crippen molar-refractivity contribution < 1.29 is 4.52 Å². The number of hydrogen-bond donors (Lipinski definition) is 1. The average molecular weight is 162 g/mol. The van der Waals surface area contributed by atoms with Crippen LogP contribution in [0, 0.1) is 0 Å². The lowest BCUT2D eigenvalue weighted by molar-refractivity contribution is 0.433. The molecule has 0 spiro atoms. The van der Waals surface area contributed by atoms with Gasteiger partial charge in [0.15, 0.2) is 0 Å². The van der Waals surface area contributed by atoms with E-state index in [4.69, 9.17) is 10.3 Å². The van der Waals surface area contributed by atoms with Crippen molar-refractivity contribution in [2.45, 2.75) is 0 Å². The van der Waals surface area contributed by atoms with Gasteiger partial charge in [-0.3, -0.25) is 4.98 Å². The molecule has 0 fully saturated rings. The van der Waals surface area contributed by atoms with Crippen LogP contribution in [0.15, 0.2) is 29.0 Å². The summed E-state index contributed by atoms with van der Waals surface area (Å²) in [7, 11) is 0. The van der Waals surface area contributed by atoms with E-state index >= 15 is 0 Å². The second-order valence-corrected chi connectivity index (χ2v) is 2.19. The van der Waals surface area contributed by atoms with Gasteiger partial charge in [-0.15, -0.1) is 0 Å². The van der Waals surface area contributed by atoms with Gasteiger partial charge in [-0.1, -0.05) is 0 Å². The van der Waals surface area contributed by atoms with Crippen molar-refractivity contribution in [3.05, 3.63) is 24.5 Å². The fourth-order valence-corrected chi connectivity index (χ4v) is 0.847. The van der Waals surface area contributed by atoms with Gasteiger partial charge in [-0.2, -0.15) is 4.98 Å². The molecule has 0 aliphatic carbocycles. The van der Waals surface area contributed by atoms with Gasteiger partial charge in [0.2, 0.25) is 0 Å². The molecular formula is C7H6N4O. The first-order valence-corrected chi connectivity index (χ1v) is 3.36. The second kappa shape index (κ2) is 2.61. The summed E-state index contributed by atoms with van der Waals surface area (Å²) < 4.78 is 4.84. The third kappa shape index (κ3) is 1.12. The van der Waals surface area contributed by atoms with Gasteiger partial charge in [-0.05, 0) is 17.3 Å². The zero-order valence-corrected chi connectivity index (χ0v) is 6.14. The van der Waals surface area contributed by atoms with Crippen LogP contribution in [-0.2, 0) is 0 Å². The molecule has 0 aliphatic heterocycles. The lowest BCUT2D eigenvalue weighted by atomic mass is 10.3. The van der Waals surface area contributed by atoms with Crippen molar-refractivity contribution in [1.29, 1.82) is 0 Å². The average Bonchev–Trinajstić information content (AvgIpc) is 2.54. The fourth-order valence-electron chi connectivity index (χ4n) is 0.847. The van der Waals surface area contributed by atoms with E-state index < -0.39 is 0 Å². The molecule has 12 heavy (non-hydrogen) atoms. The Morgan fingerprint density at radius 1 is 1.25 bits per heavy atom. The second-order valence-electron chi connectivity index (χ2n) is 2.19. The maximum Gasteiger partial charge on any atom is 0.261 e. The van der Waals surface area contributed by atoms with Crippen LogP contribution >= 0.6 is 0 Å². The summed E-state index contributed by atoms with van der Waals surface area (Å²) in [5, 5.41) is 3.46. The largest absolute Gasteiger partial charge is 0.365 e. The maximum atomic E-state index is 5.28. The van der Waals surface area contributed by atoms with Crippen molar-refractivity contribution in [1.82, 2.24) is 15.1 Å². The molecule has 5 nitrogen and oxygen atoms in total. The van der Waals surface area contributed by atoms with E-state index in [1.165, 1.54) is 0 Å². The van der Waals surface area contributed by atoms with Crippen molar-refractivity contribution in [3.8, 4) is 11.5 Å². The smallest absolute Gasteiger partial charge is 0.261 e. The Morgan fingerprint density at radius 2 is 2.00 bits per heavy atom. The van der Waals surface area contributed by atoms with Gasteiger partial charge in [-0.25, -0.2) is 0 Å². The number of nitrogens with zero attached hydrogens (tertiary/aromatic N) is 3. The standard InChI is InChI=1S/C7H6N4O/c8-7-10-6(12-11-7)5-1-3-9-4-2-5/h1-4H,(H2,8,11). The molecule has 2 N–H and O–H groups in total. The maximum absolute atomic E-state index is 5.28. The lowest BCUT2D eigenvalue weighted by Crippen LogP contribution is -1.85.